The number of hydrogen-bond donors (Lipinski definition) is 0. The molecule has 0 aliphatic carbocycles. The Balaban J connectivity index is 1.69. The summed E-state index contributed by atoms with van der Waals surface area (Å²) >= 11 is 0. The van der Waals surface area contributed by atoms with Crippen LogP contribution in [-0.4, -0.2) is 74.5 Å². The van der Waals surface area contributed by atoms with E-state index in [2.05, 4.69) is 23.6 Å². The van der Waals surface area contributed by atoms with E-state index in [1.165, 1.54) is 25.9 Å². The van der Waals surface area contributed by atoms with Crippen molar-refractivity contribution in [2.45, 2.75) is 44.8 Å². The predicted octanol–water partition coefficient (Wildman–Crippen LogP) is 1.21. The molecule has 2 saturated heterocycles. The summed E-state index contributed by atoms with van der Waals surface area (Å²) in [6, 6.07) is 2.26. The number of methoxy groups -OCH3 is 1. The van der Waals surface area contributed by atoms with E-state index in [-0.39, 0.29) is 0 Å². The number of ether oxygens (including phenoxy) is 2. The van der Waals surface area contributed by atoms with Crippen molar-refractivity contribution in [1.82, 2.24) is 9.80 Å². The van der Waals surface area contributed by atoms with Crippen LogP contribution in [0.1, 0.15) is 26.7 Å². The summed E-state index contributed by atoms with van der Waals surface area (Å²) in [5, 5.41) is 0. The van der Waals surface area contributed by atoms with Crippen LogP contribution >= 0.6 is 0 Å². The van der Waals surface area contributed by atoms with Gasteiger partial charge in [-0.3, -0.25) is 9.80 Å². The molecule has 2 bridgehead atoms. The Morgan fingerprint density at radius 1 is 1.06 bits per heavy atom. The molecule has 0 saturated carbocycles. The van der Waals surface area contributed by atoms with E-state index in [9.17, 15) is 0 Å². The lowest BCUT2D eigenvalue weighted by Crippen LogP contribution is -2.56. The zero-order chi connectivity index (χ0) is 13.0. The molecule has 106 valence electrons. The van der Waals surface area contributed by atoms with E-state index in [4.69, 9.17) is 9.47 Å². The van der Waals surface area contributed by atoms with Crippen LogP contribution in [0.3, 0.4) is 0 Å². The smallest absolute Gasteiger partial charge is 0.0700 e. The number of likely N-dealkylation sites (tertiary alicyclic amines) is 1. The highest BCUT2D eigenvalue weighted by Gasteiger charge is 2.40. The van der Waals surface area contributed by atoms with Gasteiger partial charge in [-0.1, -0.05) is 0 Å². The van der Waals surface area contributed by atoms with Gasteiger partial charge in [-0.2, -0.15) is 0 Å². The van der Waals surface area contributed by atoms with Crippen LogP contribution in [0.5, 0.6) is 0 Å². The van der Waals surface area contributed by atoms with Gasteiger partial charge in [0.1, 0.15) is 0 Å². The summed E-state index contributed by atoms with van der Waals surface area (Å²) < 4.78 is 10.5. The Kier molecular flexibility index (Phi) is 5.42. The van der Waals surface area contributed by atoms with Gasteiger partial charge in [-0.15, -0.1) is 0 Å². The van der Waals surface area contributed by atoms with Crippen molar-refractivity contribution in [2.24, 2.45) is 0 Å². The average molecular weight is 256 g/mol. The molecule has 2 fully saturated rings. The SMILES string of the molecule is COCCOCCN1CC2CCC(C1)N2C(C)C. The topological polar surface area (TPSA) is 24.9 Å². The fourth-order valence-corrected chi connectivity index (χ4v) is 3.49. The molecule has 2 aliphatic heterocycles. The lowest BCUT2D eigenvalue weighted by molar-refractivity contribution is 0.0163. The van der Waals surface area contributed by atoms with Crippen LogP contribution in [0.15, 0.2) is 0 Å². The maximum Gasteiger partial charge on any atom is 0.0700 e. The molecule has 0 amide bonds. The van der Waals surface area contributed by atoms with Crippen molar-refractivity contribution < 1.29 is 9.47 Å². The minimum Gasteiger partial charge on any atom is -0.382 e. The normalized spacial score (nSPS) is 29.3. The van der Waals surface area contributed by atoms with Gasteiger partial charge in [0.2, 0.25) is 0 Å². The monoisotopic (exact) mass is 256 g/mol. The fraction of sp³-hybridized carbons (Fsp3) is 1.00. The van der Waals surface area contributed by atoms with Gasteiger partial charge >= 0.3 is 0 Å². The Hall–Kier alpha value is -0.160. The van der Waals surface area contributed by atoms with Gasteiger partial charge in [-0.25, -0.2) is 0 Å². The zero-order valence-electron chi connectivity index (χ0n) is 12.1. The standard InChI is InChI=1S/C14H28N2O2/c1-12(2)16-13-4-5-14(16)11-15(10-13)6-7-18-9-8-17-3/h12-14H,4-11H2,1-3H3. The lowest BCUT2D eigenvalue weighted by Gasteiger charge is -2.43. The van der Waals surface area contributed by atoms with E-state index in [0.717, 1.165) is 31.8 Å². The van der Waals surface area contributed by atoms with Gasteiger partial charge in [0.05, 0.1) is 19.8 Å². The molecule has 2 rings (SSSR count). The first-order valence-corrected chi connectivity index (χ1v) is 7.29. The molecule has 4 heteroatoms. The van der Waals surface area contributed by atoms with Crippen molar-refractivity contribution in [3.05, 3.63) is 0 Å². The third-order valence-corrected chi connectivity index (χ3v) is 4.19. The molecular formula is C14H28N2O2. The second kappa shape index (κ2) is 6.85. The molecule has 2 atom stereocenters. The maximum atomic E-state index is 5.56. The van der Waals surface area contributed by atoms with Crippen LogP contribution < -0.4 is 0 Å². The highest BCUT2D eigenvalue weighted by Crippen LogP contribution is 2.31. The number of nitrogens with zero attached hydrogens (tertiary/aromatic N) is 2. The predicted molar refractivity (Wildman–Crippen MR) is 72.9 cm³/mol. The van der Waals surface area contributed by atoms with Gasteiger partial charge in [0.15, 0.2) is 0 Å². The van der Waals surface area contributed by atoms with E-state index in [1.807, 2.05) is 0 Å². The quantitative estimate of drug-likeness (QED) is 0.639. The van der Waals surface area contributed by atoms with Crippen LogP contribution in [0.25, 0.3) is 0 Å². The van der Waals surface area contributed by atoms with E-state index in [0.29, 0.717) is 12.6 Å². The molecule has 0 aromatic rings. The number of piperazine rings is 1. The van der Waals surface area contributed by atoms with Gasteiger partial charge in [0, 0.05) is 44.9 Å². The Labute approximate surface area is 111 Å². The molecule has 18 heavy (non-hydrogen) atoms. The van der Waals surface area contributed by atoms with Crippen molar-refractivity contribution >= 4 is 0 Å². The molecule has 0 N–H and O–H groups in total. The summed E-state index contributed by atoms with van der Waals surface area (Å²) in [4.78, 5) is 5.30. The van der Waals surface area contributed by atoms with Crippen LogP contribution in [-0.2, 0) is 9.47 Å². The van der Waals surface area contributed by atoms with Crippen LogP contribution in [0.2, 0.25) is 0 Å². The maximum absolute atomic E-state index is 5.56. The summed E-state index contributed by atoms with van der Waals surface area (Å²) in [5.41, 5.74) is 0. The Morgan fingerprint density at radius 3 is 2.28 bits per heavy atom. The minimum absolute atomic E-state index is 0.697. The van der Waals surface area contributed by atoms with Crippen molar-refractivity contribution in [2.75, 3.05) is 46.6 Å². The van der Waals surface area contributed by atoms with Gasteiger partial charge < -0.3 is 9.47 Å². The summed E-state index contributed by atoms with van der Waals surface area (Å²) in [6.07, 6.45) is 2.76. The number of fused-ring (bicyclic) bond motifs is 2. The summed E-state index contributed by atoms with van der Waals surface area (Å²) in [5.74, 6) is 0. The molecule has 4 nitrogen and oxygen atoms in total. The first-order valence-electron chi connectivity index (χ1n) is 7.29. The molecule has 0 spiro atoms. The Morgan fingerprint density at radius 2 is 1.72 bits per heavy atom. The van der Waals surface area contributed by atoms with E-state index < -0.39 is 0 Å². The largest absolute Gasteiger partial charge is 0.382 e. The minimum atomic E-state index is 0.697. The zero-order valence-corrected chi connectivity index (χ0v) is 12.1. The van der Waals surface area contributed by atoms with Gasteiger partial charge in [0.25, 0.3) is 0 Å². The highest BCUT2D eigenvalue weighted by molar-refractivity contribution is 4.97. The fourth-order valence-electron chi connectivity index (χ4n) is 3.49. The summed E-state index contributed by atoms with van der Waals surface area (Å²) in [7, 11) is 1.71. The second-order valence-corrected chi connectivity index (χ2v) is 5.79. The third kappa shape index (κ3) is 3.44. The Bertz CT molecular complexity index is 234. The summed E-state index contributed by atoms with van der Waals surface area (Å²) in [6.45, 7) is 10.4. The van der Waals surface area contributed by atoms with Crippen molar-refractivity contribution in [3.8, 4) is 0 Å². The molecule has 0 aromatic heterocycles. The average Bonchev–Trinajstić information content (AvgIpc) is 2.61. The van der Waals surface area contributed by atoms with Crippen LogP contribution in [0.4, 0.5) is 0 Å². The molecule has 0 aromatic carbocycles. The van der Waals surface area contributed by atoms with Gasteiger partial charge in [-0.05, 0) is 26.7 Å². The number of rotatable bonds is 7. The molecule has 2 unspecified atom stereocenters. The highest BCUT2D eigenvalue weighted by atomic mass is 16.5. The van der Waals surface area contributed by atoms with Crippen LogP contribution in [0, 0.1) is 0 Å². The first-order chi connectivity index (χ1) is 8.72. The van der Waals surface area contributed by atoms with E-state index >= 15 is 0 Å². The third-order valence-electron chi connectivity index (χ3n) is 4.19. The number of hydrogen-bond acceptors (Lipinski definition) is 4. The molecular weight excluding hydrogens is 228 g/mol. The molecule has 2 heterocycles. The lowest BCUT2D eigenvalue weighted by atomic mass is 10.1. The first kappa shape index (κ1) is 14.3. The second-order valence-electron chi connectivity index (χ2n) is 5.79. The van der Waals surface area contributed by atoms with Crippen molar-refractivity contribution in [3.63, 3.8) is 0 Å². The van der Waals surface area contributed by atoms with E-state index in [1.54, 1.807) is 7.11 Å². The molecule has 0 radical (unpaired) electrons. The molecule has 2 aliphatic rings. The van der Waals surface area contributed by atoms with Crippen molar-refractivity contribution in [1.29, 1.82) is 0 Å².